The minimum absolute atomic E-state index is 0.0970. The van der Waals surface area contributed by atoms with Gasteiger partial charge in [-0.25, -0.2) is 0 Å². The SMILES string of the molecule is CC1(C)c2ccccc2-c2ccc(N(c3ccc(-c4ccc(C5CC6CCC5C6)cc4-c4ccccc4)cc3)c3ccc4oc5ccccc5c4c3)cc21.Cc1cc(-c2ccc(C3CC4CCC3C4)cc2-c2ccccc2)ccc1N(c1ccc2cccnc2c1)c1cccc2ccccc12.c1ccc(-c2ccc(N(c3ccccc3)c3ccc(-c4ccc(-c5ccc(C6CC7CCC6C7)cc5)cc4)cc3)cc2)cc1. The molecule has 9 atom stereocenters. The fourth-order valence-electron chi connectivity index (χ4n) is 26.8. The highest BCUT2D eigenvalue weighted by Gasteiger charge is 2.44. The van der Waals surface area contributed by atoms with Crippen molar-refractivity contribution in [3.8, 4) is 89.0 Å². The molecule has 7 aliphatic carbocycles. The molecule has 6 fully saturated rings. The van der Waals surface area contributed by atoms with Gasteiger partial charge in [0.2, 0.25) is 0 Å². The Morgan fingerprint density at radius 1 is 0.241 bits per heavy atom. The molecule has 0 aliphatic heterocycles. The van der Waals surface area contributed by atoms with Crippen molar-refractivity contribution >= 4 is 94.8 Å². The van der Waals surface area contributed by atoms with E-state index < -0.39 is 0 Å². The third-order valence-electron chi connectivity index (χ3n) is 34.1. The van der Waals surface area contributed by atoms with Crippen LogP contribution in [0.1, 0.15) is 142 Å². The van der Waals surface area contributed by atoms with Gasteiger partial charge in [0.05, 0.1) is 11.2 Å². The minimum Gasteiger partial charge on any atom is -0.456 e. The average Bonchev–Trinajstić information content (AvgIpc) is 1.58. The zero-order chi connectivity index (χ0) is 96.6. The summed E-state index contributed by atoms with van der Waals surface area (Å²) >= 11 is 0. The minimum atomic E-state index is -0.0970. The largest absolute Gasteiger partial charge is 0.456 e. The molecular formula is C140H118N4O. The molecule has 704 valence electrons. The fourth-order valence-corrected chi connectivity index (χ4v) is 26.8. The predicted molar refractivity (Wildman–Crippen MR) is 608 cm³/mol. The average molecular weight is 1870 g/mol. The summed E-state index contributed by atoms with van der Waals surface area (Å²) in [7, 11) is 0. The van der Waals surface area contributed by atoms with Crippen molar-refractivity contribution in [2.75, 3.05) is 14.7 Å². The van der Waals surface area contributed by atoms with E-state index in [2.05, 4.69) is 478 Å². The molecule has 6 bridgehead atoms. The molecule has 145 heavy (non-hydrogen) atoms. The maximum Gasteiger partial charge on any atom is 0.135 e. The molecule has 0 N–H and O–H groups in total. The quantitative estimate of drug-likeness (QED) is 0.0806. The number of aryl methyl sites for hydroxylation is 1. The Labute approximate surface area is 852 Å². The lowest BCUT2D eigenvalue weighted by Crippen LogP contribution is -2.16. The molecule has 21 aromatic rings. The van der Waals surface area contributed by atoms with E-state index in [-0.39, 0.29) is 5.41 Å². The number of rotatable bonds is 19. The molecule has 9 unspecified atom stereocenters. The van der Waals surface area contributed by atoms with Gasteiger partial charge >= 0.3 is 0 Å². The molecule has 0 amide bonds. The normalized spacial score (nSPS) is 18.9. The standard InChI is InChI=1S/C52H43NO.C45H38N2.C43H37N/c1-52(2)48-14-8-6-12-42(48)43-26-23-40(32-49(43)52)53(39-24-27-51-47(31-39)44-13-7-9-15-50(44)54-51)38-21-18-35(19-22-38)41-25-20-37(45-29-33-16-17-36(45)28-33)30-46(41)34-10-4-3-5-11-34;1-30-25-35(39-22-19-37(41-27-31-16-17-36(41)26-31)28-42(39)33-9-3-2-4-10-33)20-23-44(30)47(38-21-18-34-13-8-24-46-43(34)29-38)45-15-7-12-32-11-5-6-14-40(32)45;1-3-7-32(8-4-1)36-21-25-41(26-22-36)44(40-9-5-2-6-10-40)42-27-23-37(24-28-42)34-15-13-33(14-16-34)35-17-19-38(20-18-35)43-30-31-11-12-39(43)29-31/h3-15,18-27,30-33,36,45H,16-17,28-29H2,1-2H3;2-15,18-25,28-29,31,36,41H,16-17,26-27H2,1H3;1-10,13-28,31,39,43H,11-12,29-30H2. The van der Waals surface area contributed by atoms with E-state index in [0.717, 1.165) is 120 Å². The first-order valence-electron chi connectivity index (χ1n) is 53.0. The van der Waals surface area contributed by atoms with Crippen LogP contribution >= 0.6 is 0 Å². The molecule has 19 aromatic carbocycles. The Morgan fingerprint density at radius 3 is 1.23 bits per heavy atom. The van der Waals surface area contributed by atoms with Gasteiger partial charge in [0.15, 0.2) is 0 Å². The summed E-state index contributed by atoms with van der Waals surface area (Å²) in [4.78, 5) is 11.9. The van der Waals surface area contributed by atoms with Crippen molar-refractivity contribution in [3.63, 3.8) is 0 Å². The van der Waals surface area contributed by atoms with Crippen molar-refractivity contribution < 1.29 is 4.42 Å². The molecule has 0 saturated heterocycles. The second kappa shape index (κ2) is 38.1. The molecule has 5 nitrogen and oxygen atoms in total. The number of nitrogens with zero attached hydrogens (tertiary/aromatic N) is 4. The second-order valence-corrected chi connectivity index (χ2v) is 42.8. The topological polar surface area (TPSA) is 35.8 Å². The van der Waals surface area contributed by atoms with Crippen molar-refractivity contribution in [2.45, 2.75) is 121 Å². The summed E-state index contributed by atoms with van der Waals surface area (Å²) in [6, 6.07) is 167. The summed E-state index contributed by atoms with van der Waals surface area (Å²) in [5.74, 6) is 7.69. The first-order chi connectivity index (χ1) is 71.5. The molecule has 0 radical (unpaired) electrons. The second-order valence-electron chi connectivity index (χ2n) is 42.8. The van der Waals surface area contributed by atoms with Gasteiger partial charge in [-0.1, -0.05) is 367 Å². The smallest absolute Gasteiger partial charge is 0.135 e. The highest BCUT2D eigenvalue weighted by Crippen LogP contribution is 2.59. The highest BCUT2D eigenvalue weighted by molar-refractivity contribution is 6.07. The third-order valence-corrected chi connectivity index (χ3v) is 34.1. The van der Waals surface area contributed by atoms with Crippen LogP contribution in [0.3, 0.4) is 0 Å². The van der Waals surface area contributed by atoms with Gasteiger partial charge in [-0.05, 0) is 367 Å². The zero-order valence-corrected chi connectivity index (χ0v) is 82.8. The number of aromatic nitrogens is 1. The zero-order valence-electron chi connectivity index (χ0n) is 82.8. The van der Waals surface area contributed by atoms with Gasteiger partial charge in [0, 0.05) is 78.7 Å². The lowest BCUT2D eigenvalue weighted by atomic mass is 9.81. The number of anilines is 9. The van der Waals surface area contributed by atoms with E-state index in [4.69, 9.17) is 9.40 Å². The summed E-state index contributed by atoms with van der Waals surface area (Å²) in [5, 5.41) is 5.86. The van der Waals surface area contributed by atoms with Gasteiger partial charge in [0.1, 0.15) is 11.2 Å². The van der Waals surface area contributed by atoms with Crippen LogP contribution < -0.4 is 14.7 Å². The Balaban J connectivity index is 0.000000111. The van der Waals surface area contributed by atoms with E-state index in [1.807, 2.05) is 18.3 Å². The number of hydrogen-bond donors (Lipinski definition) is 0. The molecule has 28 rings (SSSR count). The van der Waals surface area contributed by atoms with Gasteiger partial charge in [-0.15, -0.1) is 0 Å². The van der Waals surface area contributed by atoms with Crippen LogP contribution in [0.15, 0.2) is 466 Å². The van der Waals surface area contributed by atoms with Crippen molar-refractivity contribution in [2.24, 2.45) is 35.5 Å². The molecule has 2 heterocycles. The molecule has 7 aliphatic rings. The van der Waals surface area contributed by atoms with Crippen LogP contribution in [-0.4, -0.2) is 4.98 Å². The predicted octanol–water partition coefficient (Wildman–Crippen LogP) is 39.1. The number of benzene rings is 19. The fraction of sp³-hybridized carbons (Fsp3) is 0.179. The lowest BCUT2D eigenvalue weighted by molar-refractivity contribution is 0.420. The van der Waals surface area contributed by atoms with Crippen LogP contribution in [-0.2, 0) is 5.41 Å². The number of furan rings is 1. The monoisotopic (exact) mass is 1870 g/mol. The maximum atomic E-state index is 6.27. The van der Waals surface area contributed by atoms with Gasteiger partial charge in [0.25, 0.3) is 0 Å². The number of hydrogen-bond acceptors (Lipinski definition) is 5. The molecule has 6 saturated carbocycles. The molecule has 5 heteroatoms. The number of pyridine rings is 1. The summed E-state index contributed by atoms with van der Waals surface area (Å²) in [5.41, 5.74) is 42.0. The van der Waals surface area contributed by atoms with Crippen molar-refractivity contribution in [3.05, 3.63) is 495 Å². The number of para-hydroxylation sites is 2. The van der Waals surface area contributed by atoms with Crippen molar-refractivity contribution in [1.29, 1.82) is 0 Å². The summed E-state index contributed by atoms with van der Waals surface area (Å²) < 4.78 is 6.27. The Kier molecular flexibility index (Phi) is 23.4. The Hall–Kier alpha value is -16.0. The molecule has 2 aromatic heterocycles. The summed E-state index contributed by atoms with van der Waals surface area (Å²) in [6.45, 7) is 6.97. The highest BCUT2D eigenvalue weighted by atomic mass is 16.3. The van der Waals surface area contributed by atoms with E-state index in [1.165, 1.54) is 210 Å². The molecule has 0 spiro atoms. The van der Waals surface area contributed by atoms with Crippen molar-refractivity contribution in [1.82, 2.24) is 4.98 Å². The van der Waals surface area contributed by atoms with Crippen LogP contribution in [0.5, 0.6) is 0 Å². The van der Waals surface area contributed by atoms with Crippen LogP contribution in [0, 0.1) is 42.4 Å². The van der Waals surface area contributed by atoms with Gasteiger partial charge in [-0.3, -0.25) is 4.98 Å². The first kappa shape index (κ1) is 89.2. The van der Waals surface area contributed by atoms with E-state index in [0.29, 0.717) is 11.8 Å². The lowest BCUT2D eigenvalue weighted by Gasteiger charge is -2.29. The van der Waals surface area contributed by atoms with Crippen LogP contribution in [0.25, 0.3) is 133 Å². The van der Waals surface area contributed by atoms with Gasteiger partial charge in [-0.2, -0.15) is 0 Å². The first-order valence-corrected chi connectivity index (χ1v) is 53.0. The Morgan fingerprint density at radius 2 is 0.648 bits per heavy atom. The van der Waals surface area contributed by atoms with Gasteiger partial charge < -0.3 is 19.1 Å². The third kappa shape index (κ3) is 17.1. The van der Waals surface area contributed by atoms with E-state index in [1.54, 1.807) is 5.56 Å². The Bertz CT molecular complexity index is 8330. The summed E-state index contributed by atoms with van der Waals surface area (Å²) in [6.07, 6.45) is 18.9. The van der Waals surface area contributed by atoms with E-state index in [9.17, 15) is 0 Å². The van der Waals surface area contributed by atoms with Crippen LogP contribution in [0.2, 0.25) is 0 Å². The number of fused-ring (bicyclic) bond motifs is 14. The molecular weight excluding hydrogens is 1750 g/mol. The maximum absolute atomic E-state index is 6.27. The van der Waals surface area contributed by atoms with Crippen LogP contribution in [0.4, 0.5) is 51.2 Å². The van der Waals surface area contributed by atoms with E-state index >= 15 is 0 Å².